The Morgan fingerprint density at radius 2 is 2.20 bits per heavy atom. The van der Waals surface area contributed by atoms with Crippen LogP contribution in [-0.4, -0.2) is 26.1 Å². The molecule has 100 valence electrons. The Morgan fingerprint density at radius 1 is 1.40 bits per heavy atom. The molecular weight excluding hydrogens is 294 g/mol. The van der Waals surface area contributed by atoms with Crippen molar-refractivity contribution in [3.63, 3.8) is 0 Å². The molecule has 0 aliphatic carbocycles. The maximum absolute atomic E-state index is 6.16. The van der Waals surface area contributed by atoms with E-state index < -0.39 is 0 Å². The van der Waals surface area contributed by atoms with Crippen LogP contribution in [0.5, 0.6) is 0 Å². The molecule has 0 atom stereocenters. The molecule has 0 unspecified atom stereocenters. The van der Waals surface area contributed by atoms with Crippen molar-refractivity contribution in [1.29, 1.82) is 0 Å². The van der Waals surface area contributed by atoms with Crippen molar-refractivity contribution < 1.29 is 0 Å². The summed E-state index contributed by atoms with van der Waals surface area (Å²) >= 11 is 11.2. The maximum Gasteiger partial charge on any atom is 0.216 e. The Bertz CT molecular complexity index is 865. The first-order chi connectivity index (χ1) is 9.65. The molecule has 2 aromatic heterocycles. The van der Waals surface area contributed by atoms with Crippen LogP contribution in [0.1, 0.15) is 11.4 Å². The van der Waals surface area contributed by atoms with Crippen molar-refractivity contribution in [1.82, 2.24) is 19.9 Å². The van der Waals surface area contributed by atoms with Crippen molar-refractivity contribution in [3.8, 4) is 0 Å². The fourth-order valence-electron chi connectivity index (χ4n) is 1.83. The van der Waals surface area contributed by atoms with Gasteiger partial charge in [0.05, 0.1) is 11.7 Å². The third kappa shape index (κ3) is 2.35. The molecule has 0 radical (unpaired) electrons. The van der Waals surface area contributed by atoms with E-state index in [2.05, 4.69) is 20.3 Å². The molecule has 2 heterocycles. The minimum atomic E-state index is 0.403. The normalized spacial score (nSPS) is 11.5. The van der Waals surface area contributed by atoms with E-state index in [1.54, 1.807) is 6.21 Å². The van der Waals surface area contributed by atoms with Crippen molar-refractivity contribution in [2.45, 2.75) is 6.92 Å². The molecule has 3 rings (SSSR count). The monoisotopic (exact) mass is 303 g/mol. The van der Waals surface area contributed by atoms with Crippen LogP contribution < -0.4 is 0 Å². The van der Waals surface area contributed by atoms with Gasteiger partial charge in [0.2, 0.25) is 4.77 Å². The molecule has 0 amide bonds. The molecule has 7 heteroatoms. The van der Waals surface area contributed by atoms with E-state index in [9.17, 15) is 0 Å². The van der Waals surface area contributed by atoms with Gasteiger partial charge in [-0.2, -0.15) is 14.9 Å². The number of aromatic amines is 1. The summed E-state index contributed by atoms with van der Waals surface area (Å²) in [5.74, 6) is 0.677. The second-order valence-electron chi connectivity index (χ2n) is 4.19. The number of aromatic nitrogens is 4. The van der Waals surface area contributed by atoms with Crippen LogP contribution in [0.25, 0.3) is 10.9 Å². The van der Waals surface area contributed by atoms with Gasteiger partial charge in [0.15, 0.2) is 0 Å². The van der Waals surface area contributed by atoms with Gasteiger partial charge in [-0.1, -0.05) is 29.8 Å². The third-order valence-electron chi connectivity index (χ3n) is 2.83. The highest BCUT2D eigenvalue weighted by Crippen LogP contribution is 2.19. The number of nitrogens with one attached hydrogen (secondary N) is 1. The van der Waals surface area contributed by atoms with Crippen LogP contribution in [0.4, 0.5) is 0 Å². The first kappa shape index (κ1) is 13.0. The zero-order valence-corrected chi connectivity index (χ0v) is 12.1. The SMILES string of the molecule is Cc1n[nH]c(=S)n1/N=C/c1cc2ccccc2nc1Cl. The summed E-state index contributed by atoms with van der Waals surface area (Å²) in [4.78, 5) is 4.34. The number of nitrogens with zero attached hydrogens (tertiary/aromatic N) is 4. The van der Waals surface area contributed by atoms with Crippen LogP contribution in [0.15, 0.2) is 35.4 Å². The summed E-state index contributed by atoms with van der Waals surface area (Å²) in [6.45, 7) is 1.81. The molecular formula is C13H10ClN5S. The van der Waals surface area contributed by atoms with Gasteiger partial charge in [-0.25, -0.2) is 4.98 Å². The zero-order chi connectivity index (χ0) is 14.1. The molecule has 0 aliphatic rings. The lowest BCUT2D eigenvalue weighted by molar-refractivity contribution is 0.821. The molecule has 0 bridgehead atoms. The third-order valence-corrected chi connectivity index (χ3v) is 3.40. The lowest BCUT2D eigenvalue weighted by atomic mass is 10.2. The van der Waals surface area contributed by atoms with E-state index in [1.807, 2.05) is 37.3 Å². The van der Waals surface area contributed by atoms with E-state index in [4.69, 9.17) is 23.8 Å². The van der Waals surface area contributed by atoms with E-state index in [0.29, 0.717) is 15.7 Å². The number of hydrogen-bond acceptors (Lipinski definition) is 4. The quantitative estimate of drug-likeness (QED) is 0.449. The van der Waals surface area contributed by atoms with Crippen molar-refractivity contribution in [2.75, 3.05) is 0 Å². The first-order valence-electron chi connectivity index (χ1n) is 5.89. The Kier molecular flexibility index (Phi) is 3.33. The lowest BCUT2D eigenvalue weighted by Crippen LogP contribution is -1.95. The highest BCUT2D eigenvalue weighted by molar-refractivity contribution is 7.71. The standard InChI is InChI=1S/C13H10ClN5S/c1-8-17-18-13(20)19(8)15-7-10-6-9-4-2-3-5-11(9)16-12(10)14/h2-7H,1H3,(H,18,20)/b15-7+. The molecule has 1 aromatic carbocycles. The molecule has 0 spiro atoms. The topological polar surface area (TPSA) is 58.9 Å². The van der Waals surface area contributed by atoms with Crippen LogP contribution in [0, 0.1) is 11.7 Å². The fraction of sp³-hybridized carbons (Fsp3) is 0.0769. The van der Waals surface area contributed by atoms with Crippen molar-refractivity contribution in [2.24, 2.45) is 5.10 Å². The van der Waals surface area contributed by atoms with Crippen molar-refractivity contribution in [3.05, 3.63) is 51.6 Å². The average Bonchev–Trinajstić information content (AvgIpc) is 2.76. The van der Waals surface area contributed by atoms with Gasteiger partial charge in [0, 0.05) is 10.9 Å². The summed E-state index contributed by atoms with van der Waals surface area (Å²) in [5.41, 5.74) is 1.58. The van der Waals surface area contributed by atoms with E-state index in [1.165, 1.54) is 4.68 Å². The molecule has 1 N–H and O–H groups in total. The Labute approximate surface area is 124 Å². The summed E-state index contributed by atoms with van der Waals surface area (Å²) in [7, 11) is 0. The van der Waals surface area contributed by atoms with E-state index in [0.717, 1.165) is 16.5 Å². The predicted octanol–water partition coefficient (Wildman–Crippen LogP) is 3.33. The first-order valence-corrected chi connectivity index (χ1v) is 6.67. The van der Waals surface area contributed by atoms with E-state index >= 15 is 0 Å². The number of hydrogen-bond donors (Lipinski definition) is 1. The molecule has 0 saturated heterocycles. The summed E-state index contributed by atoms with van der Waals surface area (Å²) in [6.07, 6.45) is 1.63. The second kappa shape index (κ2) is 5.15. The minimum absolute atomic E-state index is 0.403. The smallest absolute Gasteiger partial charge is 0.216 e. The number of H-pyrrole nitrogens is 1. The van der Waals surface area contributed by atoms with Crippen molar-refractivity contribution >= 4 is 40.9 Å². The lowest BCUT2D eigenvalue weighted by Gasteiger charge is -2.01. The number of fused-ring (bicyclic) bond motifs is 1. The summed E-state index contributed by atoms with van der Waals surface area (Å²) < 4.78 is 1.96. The summed E-state index contributed by atoms with van der Waals surface area (Å²) in [5, 5.41) is 12.3. The number of halogens is 1. The largest absolute Gasteiger partial charge is 0.250 e. The number of aryl methyl sites for hydroxylation is 1. The number of para-hydroxylation sites is 1. The van der Waals surface area contributed by atoms with Gasteiger partial charge >= 0.3 is 0 Å². The minimum Gasteiger partial charge on any atom is -0.250 e. The molecule has 0 saturated carbocycles. The Hall–Kier alpha value is -2.05. The number of benzene rings is 1. The number of pyridine rings is 1. The molecule has 20 heavy (non-hydrogen) atoms. The van der Waals surface area contributed by atoms with Gasteiger partial charge in [-0.05, 0) is 31.3 Å². The molecule has 3 aromatic rings. The highest BCUT2D eigenvalue weighted by atomic mass is 35.5. The van der Waals surface area contributed by atoms with Gasteiger partial charge < -0.3 is 0 Å². The van der Waals surface area contributed by atoms with Gasteiger partial charge in [-0.15, -0.1) is 0 Å². The second-order valence-corrected chi connectivity index (χ2v) is 4.94. The van der Waals surface area contributed by atoms with E-state index in [-0.39, 0.29) is 0 Å². The highest BCUT2D eigenvalue weighted by Gasteiger charge is 2.03. The summed E-state index contributed by atoms with van der Waals surface area (Å²) in [6, 6.07) is 9.71. The molecule has 5 nitrogen and oxygen atoms in total. The Balaban J connectivity index is 2.07. The molecule has 0 aliphatic heterocycles. The Morgan fingerprint density at radius 3 is 2.95 bits per heavy atom. The van der Waals surface area contributed by atoms with Crippen LogP contribution >= 0.6 is 23.8 Å². The maximum atomic E-state index is 6.16. The van der Waals surface area contributed by atoms with Crippen LogP contribution in [0.2, 0.25) is 5.15 Å². The molecule has 0 fully saturated rings. The average molecular weight is 304 g/mol. The van der Waals surface area contributed by atoms with Gasteiger partial charge in [-0.3, -0.25) is 5.10 Å². The fourth-order valence-corrected chi connectivity index (χ4v) is 2.24. The van der Waals surface area contributed by atoms with Crippen LogP contribution in [0.3, 0.4) is 0 Å². The number of rotatable bonds is 2. The van der Waals surface area contributed by atoms with Gasteiger partial charge in [0.1, 0.15) is 11.0 Å². The predicted molar refractivity (Wildman–Crippen MR) is 81.9 cm³/mol. The van der Waals surface area contributed by atoms with Gasteiger partial charge in [0.25, 0.3) is 0 Å². The zero-order valence-electron chi connectivity index (χ0n) is 10.5. The van der Waals surface area contributed by atoms with Crippen LogP contribution in [-0.2, 0) is 0 Å².